The lowest BCUT2D eigenvalue weighted by Gasteiger charge is -2.34. The Balaban J connectivity index is 1.26. The van der Waals surface area contributed by atoms with E-state index in [1.165, 1.54) is 0 Å². The largest absolute Gasteiger partial charge is 0.522 e. The van der Waals surface area contributed by atoms with Crippen LogP contribution >= 0.6 is 0 Å². The van der Waals surface area contributed by atoms with Gasteiger partial charge >= 0.3 is 6.36 Å². The molecule has 0 radical (unpaired) electrons. The number of halogens is 5. The summed E-state index contributed by atoms with van der Waals surface area (Å²) in [5, 5.41) is 10.8. The van der Waals surface area contributed by atoms with Crippen molar-refractivity contribution in [2.75, 3.05) is 19.8 Å². The Bertz CT molecular complexity index is 1040. The molecule has 36 heavy (non-hydrogen) atoms. The van der Waals surface area contributed by atoms with E-state index < -0.39 is 42.2 Å². The number of rotatable bonds is 10. The van der Waals surface area contributed by atoms with Crippen molar-refractivity contribution in [3.05, 3.63) is 41.6 Å². The fourth-order valence-electron chi connectivity index (χ4n) is 4.40. The highest BCUT2D eigenvalue weighted by molar-refractivity contribution is 5.77. The number of alkyl halides is 3. The summed E-state index contributed by atoms with van der Waals surface area (Å²) >= 11 is 0. The molecule has 2 fully saturated rings. The molecule has 2 aromatic rings. The van der Waals surface area contributed by atoms with Gasteiger partial charge in [0.15, 0.2) is 18.2 Å². The molecule has 8 nitrogen and oxygen atoms in total. The van der Waals surface area contributed by atoms with E-state index in [0.29, 0.717) is 18.9 Å². The van der Waals surface area contributed by atoms with Gasteiger partial charge in [0.25, 0.3) is 5.91 Å². The number of nitrogens with zero attached hydrogens (tertiary/aromatic N) is 2. The van der Waals surface area contributed by atoms with Gasteiger partial charge in [0.1, 0.15) is 11.4 Å². The SMILES string of the molecule is O=C(COc1ccc(F)cc1F)NCCOC1(c2nnc(C3CC(OC(F)(F)F)C3)o2)CCCCC1. The minimum absolute atomic E-state index is 0.124. The van der Waals surface area contributed by atoms with E-state index in [1.54, 1.807) is 0 Å². The van der Waals surface area contributed by atoms with E-state index in [1.807, 2.05) is 0 Å². The lowest BCUT2D eigenvalue weighted by atomic mass is 9.82. The highest BCUT2D eigenvalue weighted by atomic mass is 19.4. The van der Waals surface area contributed by atoms with Gasteiger partial charge in [0.05, 0.1) is 12.7 Å². The fourth-order valence-corrected chi connectivity index (χ4v) is 4.40. The van der Waals surface area contributed by atoms with Gasteiger partial charge in [-0.15, -0.1) is 23.4 Å². The molecular weight excluding hydrogens is 493 g/mol. The highest BCUT2D eigenvalue weighted by Crippen LogP contribution is 2.44. The molecule has 2 saturated carbocycles. The summed E-state index contributed by atoms with van der Waals surface area (Å²) < 4.78 is 84.6. The summed E-state index contributed by atoms with van der Waals surface area (Å²) in [6, 6.07) is 2.78. The van der Waals surface area contributed by atoms with Gasteiger partial charge in [0.2, 0.25) is 11.8 Å². The van der Waals surface area contributed by atoms with Crippen molar-refractivity contribution >= 4 is 5.91 Å². The number of hydrogen-bond donors (Lipinski definition) is 1. The third kappa shape index (κ3) is 6.69. The molecule has 198 valence electrons. The first kappa shape index (κ1) is 26.3. The van der Waals surface area contributed by atoms with Crippen LogP contribution in [0.15, 0.2) is 22.6 Å². The first-order valence-electron chi connectivity index (χ1n) is 11.7. The Morgan fingerprint density at radius 3 is 2.58 bits per heavy atom. The summed E-state index contributed by atoms with van der Waals surface area (Å²) in [4.78, 5) is 12.0. The van der Waals surface area contributed by atoms with Crippen molar-refractivity contribution in [1.82, 2.24) is 15.5 Å². The first-order chi connectivity index (χ1) is 17.1. The summed E-state index contributed by atoms with van der Waals surface area (Å²) in [7, 11) is 0. The Morgan fingerprint density at radius 2 is 1.89 bits per heavy atom. The molecule has 0 atom stereocenters. The van der Waals surface area contributed by atoms with Crippen LogP contribution in [0.25, 0.3) is 0 Å². The maximum absolute atomic E-state index is 13.6. The number of amides is 1. The second-order valence-corrected chi connectivity index (χ2v) is 8.92. The van der Waals surface area contributed by atoms with Crippen molar-refractivity contribution < 1.29 is 45.4 Å². The molecule has 0 unspecified atom stereocenters. The zero-order valence-electron chi connectivity index (χ0n) is 19.3. The topological polar surface area (TPSA) is 95.7 Å². The van der Waals surface area contributed by atoms with Gasteiger partial charge in [-0.25, -0.2) is 8.78 Å². The second-order valence-electron chi connectivity index (χ2n) is 8.92. The van der Waals surface area contributed by atoms with Crippen LogP contribution in [-0.2, 0) is 19.9 Å². The number of benzene rings is 1. The third-order valence-electron chi connectivity index (χ3n) is 6.29. The molecule has 1 aromatic carbocycles. The molecule has 1 N–H and O–H groups in total. The zero-order chi connectivity index (χ0) is 25.8. The van der Waals surface area contributed by atoms with Crippen LogP contribution in [0.5, 0.6) is 5.75 Å². The summed E-state index contributed by atoms with van der Waals surface area (Å²) in [6.07, 6.45) is -1.31. The number of aromatic nitrogens is 2. The predicted octanol–water partition coefficient (Wildman–Crippen LogP) is 4.50. The molecule has 0 bridgehead atoms. The molecule has 2 aliphatic carbocycles. The molecular formula is C23H26F5N3O5. The summed E-state index contributed by atoms with van der Waals surface area (Å²) in [5.74, 6) is -2.17. The van der Waals surface area contributed by atoms with Crippen LogP contribution in [-0.4, -0.2) is 48.3 Å². The van der Waals surface area contributed by atoms with Crippen molar-refractivity contribution in [3.8, 4) is 5.75 Å². The molecule has 4 rings (SSSR count). The van der Waals surface area contributed by atoms with E-state index >= 15 is 0 Å². The average Bonchev–Trinajstić information content (AvgIpc) is 3.29. The molecule has 0 spiro atoms. The van der Waals surface area contributed by atoms with Crippen molar-refractivity contribution in [2.45, 2.75) is 68.9 Å². The van der Waals surface area contributed by atoms with E-state index in [9.17, 15) is 26.7 Å². The van der Waals surface area contributed by atoms with Gasteiger partial charge in [-0.1, -0.05) is 19.3 Å². The van der Waals surface area contributed by atoms with Crippen LogP contribution in [0.2, 0.25) is 0 Å². The minimum Gasteiger partial charge on any atom is -0.481 e. The standard InChI is InChI=1S/C23H26F5N3O5/c24-15-4-5-18(17(25)12-15)33-13-19(32)29-8-9-34-22(6-2-1-3-7-22)21-31-30-20(35-21)14-10-16(11-14)36-23(26,27)28/h4-5,12,14,16H,1-3,6-11,13H2,(H,29,32). The molecule has 0 saturated heterocycles. The molecule has 13 heteroatoms. The van der Waals surface area contributed by atoms with Crippen LogP contribution in [0.4, 0.5) is 22.0 Å². The van der Waals surface area contributed by atoms with E-state index in [2.05, 4.69) is 20.3 Å². The smallest absolute Gasteiger partial charge is 0.481 e. The van der Waals surface area contributed by atoms with Gasteiger partial charge in [-0.2, -0.15) is 0 Å². The van der Waals surface area contributed by atoms with Crippen LogP contribution < -0.4 is 10.1 Å². The number of nitrogens with one attached hydrogen (secondary N) is 1. The van der Waals surface area contributed by atoms with Gasteiger partial charge in [0, 0.05) is 18.5 Å². The maximum atomic E-state index is 13.6. The monoisotopic (exact) mass is 519 g/mol. The van der Waals surface area contributed by atoms with Crippen LogP contribution in [0.3, 0.4) is 0 Å². The number of carbonyl (C=O) groups excluding carboxylic acids is 1. The molecule has 1 amide bonds. The van der Waals surface area contributed by atoms with Crippen LogP contribution in [0, 0.1) is 11.6 Å². The average molecular weight is 519 g/mol. The Morgan fingerprint density at radius 1 is 1.14 bits per heavy atom. The predicted molar refractivity (Wildman–Crippen MR) is 113 cm³/mol. The fraction of sp³-hybridized carbons (Fsp3) is 0.609. The first-order valence-corrected chi connectivity index (χ1v) is 11.7. The molecule has 0 aliphatic heterocycles. The van der Waals surface area contributed by atoms with Crippen molar-refractivity contribution in [2.24, 2.45) is 0 Å². The van der Waals surface area contributed by atoms with Crippen molar-refractivity contribution in [3.63, 3.8) is 0 Å². The zero-order valence-corrected chi connectivity index (χ0v) is 19.3. The Labute approximate surface area is 203 Å². The molecule has 1 heterocycles. The highest BCUT2D eigenvalue weighted by Gasteiger charge is 2.44. The van der Waals surface area contributed by atoms with Gasteiger partial charge < -0.3 is 19.2 Å². The van der Waals surface area contributed by atoms with E-state index in [-0.39, 0.29) is 49.4 Å². The van der Waals surface area contributed by atoms with E-state index in [4.69, 9.17) is 13.9 Å². The van der Waals surface area contributed by atoms with Gasteiger partial charge in [-0.05, 0) is 37.8 Å². The van der Waals surface area contributed by atoms with Crippen molar-refractivity contribution in [1.29, 1.82) is 0 Å². The minimum atomic E-state index is -4.67. The maximum Gasteiger partial charge on any atom is 0.522 e. The normalized spacial score (nSPS) is 21.6. The third-order valence-corrected chi connectivity index (χ3v) is 6.29. The number of ether oxygens (including phenoxy) is 3. The summed E-state index contributed by atoms with van der Waals surface area (Å²) in [6.45, 7) is -0.198. The number of hydrogen-bond acceptors (Lipinski definition) is 7. The lowest BCUT2D eigenvalue weighted by Crippen LogP contribution is -2.37. The lowest BCUT2D eigenvalue weighted by molar-refractivity contribution is -0.352. The quantitative estimate of drug-likeness (QED) is 0.365. The Kier molecular flexibility index (Phi) is 8.08. The Hall–Kier alpha value is -2.80. The summed E-state index contributed by atoms with van der Waals surface area (Å²) in [5.41, 5.74) is -0.840. The molecule has 1 aromatic heterocycles. The van der Waals surface area contributed by atoms with E-state index in [0.717, 1.165) is 31.4 Å². The second kappa shape index (κ2) is 11.1. The van der Waals surface area contributed by atoms with Crippen LogP contribution in [0.1, 0.15) is 62.6 Å². The number of carbonyl (C=O) groups is 1. The van der Waals surface area contributed by atoms with Gasteiger partial charge in [-0.3, -0.25) is 9.53 Å². The molecule has 2 aliphatic rings.